The normalized spacial score (nSPS) is 21.3. The predicted octanol–water partition coefficient (Wildman–Crippen LogP) is 2.31. The molecule has 1 atom stereocenters. The summed E-state index contributed by atoms with van der Waals surface area (Å²) in [5.74, 6) is -0.450. The molecule has 0 unspecified atom stereocenters. The van der Waals surface area contributed by atoms with Crippen LogP contribution in [0.15, 0.2) is 24.3 Å². The van der Waals surface area contributed by atoms with Gasteiger partial charge < -0.3 is 10.2 Å². The molecule has 0 bridgehead atoms. The van der Waals surface area contributed by atoms with Gasteiger partial charge in [0.05, 0.1) is 11.7 Å². The number of hydrogen-bond acceptors (Lipinski definition) is 4. The van der Waals surface area contributed by atoms with E-state index in [2.05, 4.69) is 5.32 Å². The van der Waals surface area contributed by atoms with Crippen molar-refractivity contribution in [3.8, 4) is 0 Å². The van der Waals surface area contributed by atoms with Crippen LogP contribution in [0, 0.1) is 5.92 Å². The average molecular weight is 408 g/mol. The van der Waals surface area contributed by atoms with Crippen LogP contribution in [0.4, 0.5) is 5.69 Å². The molecular weight excluding hydrogens is 378 g/mol. The summed E-state index contributed by atoms with van der Waals surface area (Å²) in [6.45, 7) is 3.93. The number of nitrogens with zero attached hydrogens (tertiary/aromatic N) is 2. The van der Waals surface area contributed by atoms with Gasteiger partial charge in [0, 0.05) is 37.4 Å². The van der Waals surface area contributed by atoms with Crippen LogP contribution in [-0.4, -0.2) is 61.4 Å². The minimum absolute atomic E-state index is 0.0327. The molecule has 7 nitrogen and oxygen atoms in total. The first-order valence-corrected chi connectivity index (χ1v) is 11.7. The quantitative estimate of drug-likeness (QED) is 0.811. The molecule has 2 heterocycles. The number of nitrogens with one attached hydrogen (secondary N) is 1. The highest BCUT2D eigenvalue weighted by Gasteiger charge is 2.31. The third-order valence-corrected chi connectivity index (χ3v) is 7.40. The Hall–Kier alpha value is -1.93. The number of hydrogen-bond donors (Lipinski definition) is 1. The number of carbonyl (C=O) groups is 2. The van der Waals surface area contributed by atoms with Crippen molar-refractivity contribution in [3.63, 3.8) is 0 Å². The molecule has 2 fully saturated rings. The van der Waals surface area contributed by atoms with Crippen molar-refractivity contribution in [2.24, 2.45) is 5.92 Å². The topological polar surface area (TPSA) is 86.8 Å². The first-order valence-electron chi connectivity index (χ1n) is 10.1. The number of piperidine rings is 2. The average Bonchev–Trinajstić information content (AvgIpc) is 2.74. The van der Waals surface area contributed by atoms with Gasteiger partial charge in [-0.05, 0) is 63.3 Å². The molecule has 8 heteroatoms. The SMILES string of the molecule is CCS(=O)(=O)N1CCC[C@H](C(=O)Nc2ccc(C(=O)N3CCCCC3)cc2)C1. The molecule has 154 valence electrons. The smallest absolute Gasteiger partial charge is 0.253 e. The lowest BCUT2D eigenvalue weighted by atomic mass is 9.98. The van der Waals surface area contributed by atoms with E-state index in [0.29, 0.717) is 30.6 Å². The van der Waals surface area contributed by atoms with Gasteiger partial charge >= 0.3 is 0 Å². The van der Waals surface area contributed by atoms with Crippen LogP contribution in [0.5, 0.6) is 0 Å². The molecule has 1 aromatic rings. The Morgan fingerprint density at radius 2 is 1.71 bits per heavy atom. The lowest BCUT2D eigenvalue weighted by molar-refractivity contribution is -0.120. The van der Waals surface area contributed by atoms with Gasteiger partial charge in [-0.1, -0.05) is 0 Å². The zero-order chi connectivity index (χ0) is 20.1. The minimum atomic E-state index is -3.28. The van der Waals surface area contributed by atoms with Crippen LogP contribution >= 0.6 is 0 Å². The Morgan fingerprint density at radius 1 is 1.04 bits per heavy atom. The van der Waals surface area contributed by atoms with Crippen molar-refractivity contribution < 1.29 is 18.0 Å². The zero-order valence-corrected chi connectivity index (χ0v) is 17.2. The number of carbonyl (C=O) groups excluding carboxylic acids is 2. The second kappa shape index (κ2) is 9.05. The minimum Gasteiger partial charge on any atom is -0.339 e. The summed E-state index contributed by atoms with van der Waals surface area (Å²) in [4.78, 5) is 27.0. The lowest BCUT2D eigenvalue weighted by Gasteiger charge is -2.30. The van der Waals surface area contributed by atoms with Crippen molar-refractivity contribution in [3.05, 3.63) is 29.8 Å². The molecule has 0 saturated carbocycles. The molecule has 2 saturated heterocycles. The Balaban J connectivity index is 1.59. The van der Waals surface area contributed by atoms with Gasteiger partial charge in [-0.15, -0.1) is 0 Å². The lowest BCUT2D eigenvalue weighted by Crippen LogP contribution is -2.44. The van der Waals surface area contributed by atoms with Gasteiger partial charge in [-0.3, -0.25) is 9.59 Å². The number of anilines is 1. The van der Waals surface area contributed by atoms with Gasteiger partial charge in [-0.25, -0.2) is 12.7 Å². The molecule has 0 aromatic heterocycles. The van der Waals surface area contributed by atoms with E-state index in [-0.39, 0.29) is 30.0 Å². The Bertz CT molecular complexity index is 801. The first kappa shape index (κ1) is 20.8. The van der Waals surface area contributed by atoms with E-state index in [1.165, 1.54) is 10.7 Å². The fourth-order valence-corrected chi connectivity index (χ4v) is 4.99. The third-order valence-electron chi connectivity index (χ3n) is 5.56. The van der Waals surface area contributed by atoms with Crippen molar-refractivity contribution in [2.45, 2.75) is 39.0 Å². The maximum absolute atomic E-state index is 12.6. The first-order chi connectivity index (χ1) is 13.4. The molecule has 28 heavy (non-hydrogen) atoms. The summed E-state index contributed by atoms with van der Waals surface area (Å²) in [5.41, 5.74) is 1.24. The number of amides is 2. The van der Waals surface area contributed by atoms with Crippen LogP contribution in [0.1, 0.15) is 49.4 Å². The van der Waals surface area contributed by atoms with Crippen molar-refractivity contribution in [2.75, 3.05) is 37.2 Å². The van der Waals surface area contributed by atoms with E-state index >= 15 is 0 Å². The summed E-state index contributed by atoms with van der Waals surface area (Å²) in [7, 11) is -3.28. The number of sulfonamides is 1. The van der Waals surface area contributed by atoms with Crippen molar-refractivity contribution in [1.82, 2.24) is 9.21 Å². The zero-order valence-electron chi connectivity index (χ0n) is 16.4. The number of benzene rings is 1. The highest BCUT2D eigenvalue weighted by molar-refractivity contribution is 7.89. The Kier molecular flexibility index (Phi) is 6.72. The second-order valence-electron chi connectivity index (χ2n) is 7.52. The molecule has 1 aromatic carbocycles. The van der Waals surface area contributed by atoms with Crippen LogP contribution in [-0.2, 0) is 14.8 Å². The molecule has 2 amide bonds. The summed E-state index contributed by atoms with van der Waals surface area (Å²) in [6, 6.07) is 6.94. The molecule has 3 rings (SSSR count). The van der Waals surface area contributed by atoms with Crippen LogP contribution < -0.4 is 5.32 Å². The molecule has 0 radical (unpaired) electrons. The van der Waals surface area contributed by atoms with E-state index < -0.39 is 10.0 Å². The highest BCUT2D eigenvalue weighted by atomic mass is 32.2. The Morgan fingerprint density at radius 3 is 2.36 bits per heavy atom. The molecule has 0 spiro atoms. The number of rotatable bonds is 5. The van der Waals surface area contributed by atoms with E-state index in [1.54, 1.807) is 31.2 Å². The maximum atomic E-state index is 12.6. The maximum Gasteiger partial charge on any atom is 0.253 e. The fraction of sp³-hybridized carbons (Fsp3) is 0.600. The van der Waals surface area contributed by atoms with E-state index in [0.717, 1.165) is 25.9 Å². The number of likely N-dealkylation sites (tertiary alicyclic amines) is 1. The summed E-state index contributed by atoms with van der Waals surface area (Å²) in [6.07, 6.45) is 4.62. The molecular formula is C20H29N3O4S. The van der Waals surface area contributed by atoms with Crippen LogP contribution in [0.2, 0.25) is 0 Å². The van der Waals surface area contributed by atoms with E-state index in [1.807, 2.05) is 4.90 Å². The van der Waals surface area contributed by atoms with Crippen molar-refractivity contribution >= 4 is 27.5 Å². The molecule has 2 aliphatic heterocycles. The fourth-order valence-electron chi connectivity index (χ4n) is 3.81. The van der Waals surface area contributed by atoms with Gasteiger partial charge in [0.15, 0.2) is 0 Å². The van der Waals surface area contributed by atoms with Crippen LogP contribution in [0.25, 0.3) is 0 Å². The van der Waals surface area contributed by atoms with Gasteiger partial charge in [0.2, 0.25) is 15.9 Å². The van der Waals surface area contributed by atoms with Crippen LogP contribution in [0.3, 0.4) is 0 Å². The Labute approximate surface area is 167 Å². The summed E-state index contributed by atoms with van der Waals surface area (Å²) in [5, 5.41) is 2.86. The molecule has 0 aliphatic carbocycles. The summed E-state index contributed by atoms with van der Waals surface area (Å²) < 4.78 is 25.6. The van der Waals surface area contributed by atoms with E-state index in [9.17, 15) is 18.0 Å². The van der Waals surface area contributed by atoms with Gasteiger partial charge in [0.1, 0.15) is 0 Å². The van der Waals surface area contributed by atoms with E-state index in [4.69, 9.17) is 0 Å². The molecule has 2 aliphatic rings. The van der Waals surface area contributed by atoms with Crippen molar-refractivity contribution in [1.29, 1.82) is 0 Å². The predicted molar refractivity (Wildman–Crippen MR) is 109 cm³/mol. The monoisotopic (exact) mass is 407 g/mol. The largest absolute Gasteiger partial charge is 0.339 e. The van der Waals surface area contributed by atoms with Gasteiger partial charge in [0.25, 0.3) is 5.91 Å². The standard InChI is InChI=1S/C20H29N3O4S/c1-2-28(26,27)23-14-6-7-17(15-23)19(24)21-18-10-8-16(9-11-18)20(25)22-12-4-3-5-13-22/h8-11,17H,2-7,12-15H2,1H3,(H,21,24)/t17-/m0/s1. The second-order valence-corrected chi connectivity index (χ2v) is 9.77. The molecule has 1 N–H and O–H groups in total. The highest BCUT2D eigenvalue weighted by Crippen LogP contribution is 2.22. The summed E-state index contributed by atoms with van der Waals surface area (Å²) >= 11 is 0. The third kappa shape index (κ3) is 4.91. The van der Waals surface area contributed by atoms with Gasteiger partial charge in [-0.2, -0.15) is 0 Å².